The molecular formula is C17H20ClNO2. The van der Waals surface area contributed by atoms with Gasteiger partial charge in [0.15, 0.2) is 0 Å². The topological polar surface area (TPSA) is 30.5 Å². The Morgan fingerprint density at radius 1 is 1.05 bits per heavy atom. The predicted molar refractivity (Wildman–Crippen MR) is 87.0 cm³/mol. The van der Waals surface area contributed by atoms with Crippen LogP contribution in [0.1, 0.15) is 5.56 Å². The third-order valence-corrected chi connectivity index (χ3v) is 3.45. The third-order valence-electron chi connectivity index (χ3n) is 3.14. The maximum absolute atomic E-state index is 6.42. The van der Waals surface area contributed by atoms with E-state index in [-0.39, 0.29) is 0 Å². The molecule has 0 amide bonds. The van der Waals surface area contributed by atoms with Crippen molar-refractivity contribution in [3.63, 3.8) is 0 Å². The molecule has 112 valence electrons. The molecule has 2 rings (SSSR count). The van der Waals surface area contributed by atoms with Gasteiger partial charge in [-0.1, -0.05) is 41.9 Å². The van der Waals surface area contributed by atoms with E-state index in [9.17, 15) is 0 Å². The quantitative estimate of drug-likeness (QED) is 0.790. The van der Waals surface area contributed by atoms with E-state index in [0.717, 1.165) is 34.0 Å². The van der Waals surface area contributed by atoms with Gasteiger partial charge in [0.25, 0.3) is 0 Å². The standard InChI is InChI=1S/C17H20ClNO2/c1-19-12-13-7-8-14(16(18)11-13)15-5-3-4-6-17(15)21-10-9-20-2/h3-8,11,19H,9-10,12H2,1-2H3. The molecule has 0 aromatic heterocycles. The zero-order chi connectivity index (χ0) is 15.1. The summed E-state index contributed by atoms with van der Waals surface area (Å²) in [4.78, 5) is 0. The molecule has 0 fully saturated rings. The van der Waals surface area contributed by atoms with Gasteiger partial charge in [0, 0.05) is 29.8 Å². The van der Waals surface area contributed by atoms with Gasteiger partial charge in [-0.2, -0.15) is 0 Å². The lowest BCUT2D eigenvalue weighted by molar-refractivity contribution is 0.146. The van der Waals surface area contributed by atoms with Gasteiger partial charge in [-0.25, -0.2) is 0 Å². The lowest BCUT2D eigenvalue weighted by atomic mass is 10.0. The number of nitrogens with one attached hydrogen (secondary N) is 1. The fourth-order valence-electron chi connectivity index (χ4n) is 2.14. The highest BCUT2D eigenvalue weighted by Crippen LogP contribution is 2.35. The minimum absolute atomic E-state index is 0.517. The molecule has 0 radical (unpaired) electrons. The Hall–Kier alpha value is -1.55. The van der Waals surface area contributed by atoms with E-state index >= 15 is 0 Å². The Kier molecular flexibility index (Phi) is 6.05. The van der Waals surface area contributed by atoms with Crippen LogP contribution in [0, 0.1) is 0 Å². The molecule has 2 aromatic rings. The van der Waals surface area contributed by atoms with E-state index in [1.54, 1.807) is 7.11 Å². The van der Waals surface area contributed by atoms with Crippen molar-refractivity contribution in [1.82, 2.24) is 5.32 Å². The molecular weight excluding hydrogens is 286 g/mol. The molecule has 0 atom stereocenters. The molecule has 1 N–H and O–H groups in total. The molecule has 0 saturated carbocycles. The smallest absolute Gasteiger partial charge is 0.127 e. The average Bonchev–Trinajstić information content (AvgIpc) is 2.49. The summed E-state index contributed by atoms with van der Waals surface area (Å²) in [6, 6.07) is 14.0. The number of halogens is 1. The first-order valence-corrected chi connectivity index (χ1v) is 7.28. The van der Waals surface area contributed by atoms with Crippen LogP contribution in [-0.4, -0.2) is 27.4 Å². The summed E-state index contributed by atoms with van der Waals surface area (Å²) in [5.41, 5.74) is 3.13. The minimum atomic E-state index is 0.517. The SMILES string of the molecule is CNCc1ccc(-c2ccccc2OCCOC)c(Cl)c1. The van der Waals surface area contributed by atoms with Gasteiger partial charge in [-0.05, 0) is 24.7 Å². The van der Waals surface area contributed by atoms with E-state index in [2.05, 4.69) is 11.4 Å². The molecule has 21 heavy (non-hydrogen) atoms. The minimum Gasteiger partial charge on any atom is -0.491 e. The van der Waals surface area contributed by atoms with Crippen LogP contribution in [0.2, 0.25) is 5.02 Å². The van der Waals surface area contributed by atoms with Crippen molar-refractivity contribution in [1.29, 1.82) is 0 Å². The molecule has 2 aromatic carbocycles. The van der Waals surface area contributed by atoms with Crippen LogP contribution in [0.3, 0.4) is 0 Å². The zero-order valence-corrected chi connectivity index (χ0v) is 13.1. The van der Waals surface area contributed by atoms with Crippen LogP contribution >= 0.6 is 11.6 Å². The molecule has 0 bridgehead atoms. The van der Waals surface area contributed by atoms with Crippen molar-refractivity contribution in [2.75, 3.05) is 27.4 Å². The highest BCUT2D eigenvalue weighted by Gasteiger charge is 2.10. The number of benzene rings is 2. The normalized spacial score (nSPS) is 10.6. The maximum atomic E-state index is 6.42. The number of hydrogen-bond donors (Lipinski definition) is 1. The van der Waals surface area contributed by atoms with Crippen LogP contribution < -0.4 is 10.1 Å². The van der Waals surface area contributed by atoms with Gasteiger partial charge >= 0.3 is 0 Å². The molecule has 0 spiro atoms. The predicted octanol–water partition coefficient (Wildman–Crippen LogP) is 3.75. The molecule has 0 aliphatic heterocycles. The van der Waals surface area contributed by atoms with Crippen LogP contribution in [0.15, 0.2) is 42.5 Å². The number of ether oxygens (including phenoxy) is 2. The van der Waals surface area contributed by atoms with Gasteiger partial charge in [0.1, 0.15) is 12.4 Å². The summed E-state index contributed by atoms with van der Waals surface area (Å²) >= 11 is 6.42. The Morgan fingerprint density at radius 3 is 2.57 bits per heavy atom. The second-order valence-electron chi connectivity index (χ2n) is 4.68. The van der Waals surface area contributed by atoms with Crippen LogP contribution in [0.4, 0.5) is 0 Å². The summed E-state index contributed by atoms with van der Waals surface area (Å²) in [6.45, 7) is 1.87. The molecule has 0 aliphatic carbocycles. The molecule has 0 unspecified atom stereocenters. The highest BCUT2D eigenvalue weighted by atomic mass is 35.5. The fourth-order valence-corrected chi connectivity index (χ4v) is 2.45. The van der Waals surface area contributed by atoms with Gasteiger partial charge in [-0.15, -0.1) is 0 Å². The first-order chi connectivity index (χ1) is 10.3. The van der Waals surface area contributed by atoms with Gasteiger partial charge in [-0.3, -0.25) is 0 Å². The van der Waals surface area contributed by atoms with Crippen molar-refractivity contribution in [2.24, 2.45) is 0 Å². The number of methoxy groups -OCH3 is 1. The monoisotopic (exact) mass is 305 g/mol. The van der Waals surface area contributed by atoms with Crippen molar-refractivity contribution in [3.8, 4) is 16.9 Å². The first-order valence-electron chi connectivity index (χ1n) is 6.90. The third kappa shape index (κ3) is 4.21. The molecule has 0 aliphatic rings. The van der Waals surface area contributed by atoms with E-state index in [4.69, 9.17) is 21.1 Å². The van der Waals surface area contributed by atoms with Crippen molar-refractivity contribution in [3.05, 3.63) is 53.1 Å². The lowest BCUT2D eigenvalue weighted by Gasteiger charge is -2.13. The maximum Gasteiger partial charge on any atom is 0.127 e. The summed E-state index contributed by atoms with van der Waals surface area (Å²) in [7, 11) is 3.58. The Morgan fingerprint density at radius 2 is 1.86 bits per heavy atom. The zero-order valence-electron chi connectivity index (χ0n) is 12.4. The van der Waals surface area contributed by atoms with Crippen molar-refractivity contribution >= 4 is 11.6 Å². The Labute approximate surface area is 130 Å². The number of hydrogen-bond acceptors (Lipinski definition) is 3. The number of para-hydroxylation sites is 1. The van der Waals surface area contributed by atoms with E-state index in [0.29, 0.717) is 13.2 Å². The van der Waals surface area contributed by atoms with E-state index in [1.807, 2.05) is 43.4 Å². The molecule has 4 heteroatoms. The summed E-state index contributed by atoms with van der Waals surface area (Å²) in [5.74, 6) is 0.817. The second kappa shape index (κ2) is 8.03. The average molecular weight is 306 g/mol. The van der Waals surface area contributed by atoms with E-state index < -0.39 is 0 Å². The van der Waals surface area contributed by atoms with Crippen LogP contribution in [0.25, 0.3) is 11.1 Å². The largest absolute Gasteiger partial charge is 0.491 e. The summed E-state index contributed by atoms with van der Waals surface area (Å²) in [5, 5.41) is 3.85. The molecule has 0 saturated heterocycles. The van der Waals surface area contributed by atoms with Crippen LogP contribution in [-0.2, 0) is 11.3 Å². The summed E-state index contributed by atoms with van der Waals surface area (Å²) in [6.07, 6.45) is 0. The highest BCUT2D eigenvalue weighted by molar-refractivity contribution is 6.33. The first kappa shape index (κ1) is 15.8. The van der Waals surface area contributed by atoms with Crippen LogP contribution in [0.5, 0.6) is 5.75 Å². The number of rotatable bonds is 7. The van der Waals surface area contributed by atoms with E-state index in [1.165, 1.54) is 0 Å². The molecule has 0 heterocycles. The molecule has 3 nitrogen and oxygen atoms in total. The van der Waals surface area contributed by atoms with Gasteiger partial charge < -0.3 is 14.8 Å². The van der Waals surface area contributed by atoms with Gasteiger partial charge in [0.05, 0.1) is 6.61 Å². The Bertz CT molecular complexity index is 587. The van der Waals surface area contributed by atoms with Crippen molar-refractivity contribution in [2.45, 2.75) is 6.54 Å². The fraction of sp³-hybridized carbons (Fsp3) is 0.294. The lowest BCUT2D eigenvalue weighted by Crippen LogP contribution is -2.06. The summed E-state index contributed by atoms with van der Waals surface area (Å²) < 4.78 is 10.8. The van der Waals surface area contributed by atoms with Crippen molar-refractivity contribution < 1.29 is 9.47 Å². The second-order valence-corrected chi connectivity index (χ2v) is 5.09. The Balaban J connectivity index is 2.28. The van der Waals surface area contributed by atoms with Gasteiger partial charge in [0.2, 0.25) is 0 Å².